The monoisotopic (exact) mass is 395 g/mol. The van der Waals surface area contributed by atoms with Crippen molar-refractivity contribution >= 4 is 38.5 Å². The molecule has 0 radical (unpaired) electrons. The zero-order valence-corrected chi connectivity index (χ0v) is 17.0. The van der Waals surface area contributed by atoms with Gasteiger partial charge in [-0.05, 0) is 39.3 Å². The molecule has 3 rings (SSSR count). The van der Waals surface area contributed by atoms with Gasteiger partial charge in [-0.1, -0.05) is 23.9 Å². The maximum atomic E-state index is 12.7. The highest BCUT2D eigenvalue weighted by atomic mass is 32.2. The van der Waals surface area contributed by atoms with Crippen LogP contribution in [-0.2, 0) is 14.6 Å². The summed E-state index contributed by atoms with van der Waals surface area (Å²) in [5, 5.41) is 0.824. The van der Waals surface area contributed by atoms with Gasteiger partial charge in [0.1, 0.15) is 0 Å². The highest BCUT2D eigenvalue weighted by Gasteiger charge is 2.33. The van der Waals surface area contributed by atoms with Gasteiger partial charge >= 0.3 is 0 Å². The van der Waals surface area contributed by atoms with Crippen molar-refractivity contribution in [1.82, 2.24) is 14.5 Å². The second kappa shape index (κ2) is 7.60. The summed E-state index contributed by atoms with van der Waals surface area (Å²) >= 11 is 1.42. The first-order valence-corrected chi connectivity index (χ1v) is 11.7. The predicted molar refractivity (Wildman–Crippen MR) is 105 cm³/mol. The van der Waals surface area contributed by atoms with E-state index < -0.39 is 9.84 Å². The van der Waals surface area contributed by atoms with Gasteiger partial charge in [0.2, 0.25) is 5.91 Å². The number of imidazole rings is 1. The van der Waals surface area contributed by atoms with E-state index >= 15 is 0 Å². The number of carbonyl (C=O) groups excluding carboxylic acids is 1. The van der Waals surface area contributed by atoms with Gasteiger partial charge in [-0.15, -0.1) is 0 Å². The molecular formula is C18H25N3O3S2. The summed E-state index contributed by atoms with van der Waals surface area (Å²) < 4.78 is 25.6. The van der Waals surface area contributed by atoms with Crippen LogP contribution < -0.4 is 0 Å². The summed E-state index contributed by atoms with van der Waals surface area (Å²) in [5.74, 6) is 0.502. The summed E-state index contributed by atoms with van der Waals surface area (Å²) in [5.41, 5.74) is 1.98. The van der Waals surface area contributed by atoms with Gasteiger partial charge in [-0.25, -0.2) is 13.4 Å². The molecule has 1 amide bonds. The quantitative estimate of drug-likeness (QED) is 0.703. The lowest BCUT2D eigenvalue weighted by Gasteiger charge is -2.26. The number of thioether (sulfide) groups is 1. The maximum absolute atomic E-state index is 12.7. The molecule has 1 atom stereocenters. The van der Waals surface area contributed by atoms with Gasteiger partial charge in [-0.3, -0.25) is 4.79 Å². The molecule has 8 heteroatoms. The molecule has 6 nitrogen and oxygen atoms in total. The molecule has 0 saturated carbocycles. The Morgan fingerprint density at radius 2 is 2.12 bits per heavy atom. The third-order valence-corrected chi connectivity index (χ3v) is 7.40. The molecule has 0 N–H and O–H groups in total. The Morgan fingerprint density at radius 3 is 2.73 bits per heavy atom. The molecule has 1 aromatic carbocycles. The van der Waals surface area contributed by atoms with E-state index in [4.69, 9.17) is 0 Å². The van der Waals surface area contributed by atoms with Crippen molar-refractivity contribution in [2.45, 2.75) is 44.4 Å². The molecule has 1 aromatic heterocycles. The second-order valence-corrected chi connectivity index (χ2v) is 10.0. The molecule has 142 valence electrons. The summed E-state index contributed by atoms with van der Waals surface area (Å²) in [6, 6.07) is 8.00. The Balaban J connectivity index is 1.75. The molecule has 0 aliphatic carbocycles. The molecular weight excluding hydrogens is 370 g/mol. The fourth-order valence-electron chi connectivity index (χ4n) is 3.49. The van der Waals surface area contributed by atoms with Crippen molar-refractivity contribution in [2.75, 3.05) is 23.8 Å². The standard InChI is InChI=1S/C18H25N3O3S2/c1-4-20(14-9-10-26(23,24)12-14)17(22)11-25-18-19-15-7-5-6-8-16(15)21(18)13(2)3/h5-8,13-14H,4,9-12H2,1-3H3/t14-/m0/s1. The first kappa shape index (κ1) is 19.2. The lowest BCUT2D eigenvalue weighted by molar-refractivity contribution is -0.129. The minimum Gasteiger partial charge on any atom is -0.338 e. The number of para-hydroxylation sites is 2. The average molecular weight is 396 g/mol. The van der Waals surface area contributed by atoms with Crippen LogP contribution in [0.5, 0.6) is 0 Å². The third kappa shape index (κ3) is 3.91. The Hall–Kier alpha value is -1.54. The van der Waals surface area contributed by atoms with E-state index in [1.54, 1.807) is 4.90 Å². The molecule has 0 spiro atoms. The van der Waals surface area contributed by atoms with Crippen LogP contribution >= 0.6 is 11.8 Å². The molecule has 1 aliphatic rings. The van der Waals surface area contributed by atoms with Gasteiger partial charge in [0, 0.05) is 18.6 Å². The number of sulfone groups is 1. The molecule has 2 aromatic rings. The van der Waals surface area contributed by atoms with Crippen LogP contribution in [0.3, 0.4) is 0 Å². The lowest BCUT2D eigenvalue weighted by Crippen LogP contribution is -2.42. The van der Waals surface area contributed by atoms with Crippen LogP contribution in [0.2, 0.25) is 0 Å². The van der Waals surface area contributed by atoms with Crippen LogP contribution in [0.4, 0.5) is 0 Å². The number of carbonyl (C=O) groups is 1. The number of benzene rings is 1. The van der Waals surface area contributed by atoms with Crippen molar-refractivity contribution in [3.63, 3.8) is 0 Å². The summed E-state index contributed by atoms with van der Waals surface area (Å²) in [6.07, 6.45) is 0.539. The topological polar surface area (TPSA) is 72.3 Å². The van der Waals surface area contributed by atoms with E-state index in [0.717, 1.165) is 16.2 Å². The van der Waals surface area contributed by atoms with E-state index in [1.165, 1.54) is 11.8 Å². The number of nitrogens with zero attached hydrogens (tertiary/aromatic N) is 3. The van der Waals surface area contributed by atoms with Gasteiger partial charge < -0.3 is 9.47 Å². The highest BCUT2D eigenvalue weighted by molar-refractivity contribution is 7.99. The van der Waals surface area contributed by atoms with E-state index in [1.807, 2.05) is 31.2 Å². The Kier molecular flexibility index (Phi) is 5.62. The van der Waals surface area contributed by atoms with E-state index in [-0.39, 0.29) is 35.2 Å². The molecule has 0 unspecified atom stereocenters. The van der Waals surface area contributed by atoms with Crippen LogP contribution in [0, 0.1) is 0 Å². The zero-order chi connectivity index (χ0) is 18.9. The number of amides is 1. The van der Waals surface area contributed by atoms with Gasteiger partial charge in [0.15, 0.2) is 15.0 Å². The van der Waals surface area contributed by atoms with Crippen LogP contribution in [-0.4, -0.2) is 58.6 Å². The van der Waals surface area contributed by atoms with Crippen LogP contribution in [0.15, 0.2) is 29.4 Å². The Labute approximate surface area is 158 Å². The Bertz CT molecular complexity index is 906. The van der Waals surface area contributed by atoms with Crippen molar-refractivity contribution in [3.05, 3.63) is 24.3 Å². The van der Waals surface area contributed by atoms with Crippen molar-refractivity contribution in [2.24, 2.45) is 0 Å². The van der Waals surface area contributed by atoms with E-state index in [2.05, 4.69) is 23.4 Å². The van der Waals surface area contributed by atoms with Crippen molar-refractivity contribution in [3.8, 4) is 0 Å². The third-order valence-electron chi connectivity index (χ3n) is 4.71. The lowest BCUT2D eigenvalue weighted by atomic mass is 10.2. The Morgan fingerprint density at radius 1 is 1.38 bits per heavy atom. The second-order valence-electron chi connectivity index (χ2n) is 6.87. The maximum Gasteiger partial charge on any atom is 0.233 e. The van der Waals surface area contributed by atoms with Crippen LogP contribution in [0.1, 0.15) is 33.2 Å². The van der Waals surface area contributed by atoms with Crippen LogP contribution in [0.25, 0.3) is 11.0 Å². The molecule has 1 fully saturated rings. The largest absolute Gasteiger partial charge is 0.338 e. The zero-order valence-electron chi connectivity index (χ0n) is 15.4. The van der Waals surface area contributed by atoms with E-state index in [0.29, 0.717) is 13.0 Å². The molecule has 1 aliphatic heterocycles. The summed E-state index contributed by atoms with van der Waals surface area (Å²) in [6.45, 7) is 6.63. The predicted octanol–water partition coefficient (Wildman–Crippen LogP) is 2.74. The minimum absolute atomic E-state index is 0.0260. The minimum atomic E-state index is -3.00. The molecule has 1 saturated heterocycles. The number of hydrogen-bond acceptors (Lipinski definition) is 5. The summed E-state index contributed by atoms with van der Waals surface area (Å²) in [4.78, 5) is 19.1. The van der Waals surface area contributed by atoms with Crippen molar-refractivity contribution < 1.29 is 13.2 Å². The van der Waals surface area contributed by atoms with Gasteiger partial charge in [0.25, 0.3) is 0 Å². The number of fused-ring (bicyclic) bond motifs is 1. The molecule has 2 heterocycles. The average Bonchev–Trinajstić information content (AvgIpc) is 3.13. The number of aromatic nitrogens is 2. The number of rotatable bonds is 6. The fraction of sp³-hybridized carbons (Fsp3) is 0.556. The summed E-state index contributed by atoms with van der Waals surface area (Å²) in [7, 11) is -3.00. The normalized spacial score (nSPS) is 19.3. The first-order valence-electron chi connectivity index (χ1n) is 8.92. The van der Waals surface area contributed by atoms with E-state index in [9.17, 15) is 13.2 Å². The first-order chi connectivity index (χ1) is 12.3. The number of hydrogen-bond donors (Lipinski definition) is 0. The fourth-order valence-corrected chi connectivity index (χ4v) is 6.25. The van der Waals surface area contributed by atoms with Crippen molar-refractivity contribution in [1.29, 1.82) is 0 Å². The highest BCUT2D eigenvalue weighted by Crippen LogP contribution is 2.28. The smallest absolute Gasteiger partial charge is 0.233 e. The molecule has 0 bridgehead atoms. The van der Waals surface area contributed by atoms with Gasteiger partial charge in [0.05, 0.1) is 28.3 Å². The SMILES string of the molecule is CCN(C(=O)CSc1nc2ccccc2n1C(C)C)[C@H]1CCS(=O)(=O)C1. The molecule has 26 heavy (non-hydrogen) atoms. The van der Waals surface area contributed by atoms with Gasteiger partial charge in [-0.2, -0.15) is 0 Å².